The fourth-order valence-corrected chi connectivity index (χ4v) is 9.29. The average molecular weight is 1140 g/mol. The summed E-state index contributed by atoms with van der Waals surface area (Å²) in [4.78, 5) is 38.4. The number of allylic oxidation sites excluding steroid dienone is 22. The number of carbonyl (C=O) groups excluding carboxylic acids is 3. The molecule has 0 fully saturated rings. The van der Waals surface area contributed by atoms with E-state index in [0.29, 0.717) is 19.3 Å². The zero-order valence-corrected chi connectivity index (χ0v) is 53.5. The molecule has 0 radical (unpaired) electrons. The summed E-state index contributed by atoms with van der Waals surface area (Å²) in [6.07, 6.45) is 97.4. The topological polar surface area (TPSA) is 78.9 Å². The van der Waals surface area contributed by atoms with Crippen LogP contribution >= 0.6 is 0 Å². The van der Waals surface area contributed by atoms with Gasteiger partial charge in [-0.2, -0.15) is 0 Å². The minimum absolute atomic E-state index is 0.0926. The molecule has 0 aromatic rings. The van der Waals surface area contributed by atoms with Crippen molar-refractivity contribution in [3.05, 3.63) is 134 Å². The minimum Gasteiger partial charge on any atom is -0.462 e. The summed E-state index contributed by atoms with van der Waals surface area (Å²) in [7, 11) is 0. The second-order valence-electron chi connectivity index (χ2n) is 22.4. The SMILES string of the molecule is CC/C=C\C/C=C\C/C=C\C/C=C\C/C=C\C/C=C\C/C=C\C/C=C\CCCCCCC(=O)OCC(COC(=O)CCCCCCCCCCCCCCCC)OC(=O)CCCCCCCC/C=C\C/C=C\C/C=C\CCCCCCC. The third-order valence-electron chi connectivity index (χ3n) is 14.4. The molecular weight excluding hydrogens is 1010 g/mol. The molecule has 0 bridgehead atoms. The quantitative estimate of drug-likeness (QED) is 0.0261. The third-order valence-corrected chi connectivity index (χ3v) is 14.4. The number of ether oxygens (including phenoxy) is 3. The third kappa shape index (κ3) is 66.4. The van der Waals surface area contributed by atoms with Crippen LogP contribution in [-0.4, -0.2) is 37.2 Å². The van der Waals surface area contributed by atoms with E-state index < -0.39 is 6.10 Å². The monoisotopic (exact) mass is 1130 g/mol. The van der Waals surface area contributed by atoms with Crippen LogP contribution in [-0.2, 0) is 28.6 Å². The maximum Gasteiger partial charge on any atom is 0.306 e. The van der Waals surface area contributed by atoms with E-state index in [1.807, 2.05) is 0 Å². The van der Waals surface area contributed by atoms with E-state index in [9.17, 15) is 14.4 Å². The number of hydrogen-bond acceptors (Lipinski definition) is 6. The Balaban J connectivity index is 4.43. The highest BCUT2D eigenvalue weighted by Crippen LogP contribution is 2.16. The Morgan fingerprint density at radius 1 is 0.256 bits per heavy atom. The maximum absolute atomic E-state index is 12.9. The molecule has 82 heavy (non-hydrogen) atoms. The van der Waals surface area contributed by atoms with Crippen LogP contribution in [0.4, 0.5) is 0 Å². The number of carbonyl (C=O) groups is 3. The molecule has 0 N–H and O–H groups in total. The molecule has 1 unspecified atom stereocenters. The first-order valence-corrected chi connectivity index (χ1v) is 34.2. The molecule has 0 aromatic heterocycles. The second kappa shape index (κ2) is 69.0. The van der Waals surface area contributed by atoms with Crippen molar-refractivity contribution < 1.29 is 28.6 Å². The molecule has 0 aliphatic carbocycles. The predicted octanol–water partition coefficient (Wildman–Crippen LogP) is 23.7. The van der Waals surface area contributed by atoms with Crippen molar-refractivity contribution in [3.8, 4) is 0 Å². The second-order valence-corrected chi connectivity index (χ2v) is 22.4. The van der Waals surface area contributed by atoms with E-state index in [1.165, 1.54) is 122 Å². The van der Waals surface area contributed by atoms with Gasteiger partial charge in [-0.3, -0.25) is 14.4 Å². The van der Waals surface area contributed by atoms with Crippen LogP contribution in [0.1, 0.15) is 310 Å². The lowest BCUT2D eigenvalue weighted by molar-refractivity contribution is -0.167. The Kier molecular flexibility index (Phi) is 65.3. The Morgan fingerprint density at radius 2 is 0.476 bits per heavy atom. The summed E-state index contributed by atoms with van der Waals surface area (Å²) in [6, 6.07) is 0. The summed E-state index contributed by atoms with van der Waals surface area (Å²) in [5, 5.41) is 0. The molecule has 0 amide bonds. The lowest BCUT2D eigenvalue weighted by atomic mass is 10.0. The standard InChI is InChI=1S/C76H126O6/c1-4-7-10-13-16-19-22-25-28-30-32-34-35-36-37-38-39-40-41-43-44-46-48-51-54-57-60-63-66-69-75(78)81-72-73(71-80-74(77)68-65-62-59-56-53-50-27-24-21-18-15-12-9-6-3)82-76(79)70-67-64-61-58-55-52-49-47-45-42-33-31-29-26-23-20-17-14-11-8-5-2/h7,10,16,19,23,25-26,28,31-34,36-37,39-40,43-45,47-48,51,73H,4-6,8-9,11-15,17-18,20-22,24,27,29-30,35,38,41-42,46,49-50,52-72H2,1-3H3/b10-7-,19-16-,26-23-,28-25-,33-31-,34-32-,37-36-,40-39-,44-43-,47-45-,51-48-. The van der Waals surface area contributed by atoms with Gasteiger partial charge in [0.15, 0.2) is 6.10 Å². The van der Waals surface area contributed by atoms with E-state index in [0.717, 1.165) is 148 Å². The van der Waals surface area contributed by atoms with Gasteiger partial charge in [-0.15, -0.1) is 0 Å². The van der Waals surface area contributed by atoms with Gasteiger partial charge in [0.2, 0.25) is 0 Å². The van der Waals surface area contributed by atoms with Crippen LogP contribution < -0.4 is 0 Å². The van der Waals surface area contributed by atoms with Gasteiger partial charge < -0.3 is 14.2 Å². The van der Waals surface area contributed by atoms with Crippen molar-refractivity contribution in [2.45, 2.75) is 316 Å². The summed E-state index contributed by atoms with van der Waals surface area (Å²) < 4.78 is 16.9. The molecule has 6 heteroatoms. The fraction of sp³-hybridized carbons (Fsp3) is 0.671. The molecule has 0 rings (SSSR count). The molecule has 0 heterocycles. The minimum atomic E-state index is -0.801. The molecule has 0 spiro atoms. The number of rotatable bonds is 61. The Labute approximate surface area is 506 Å². The highest BCUT2D eigenvalue weighted by atomic mass is 16.6. The summed E-state index contributed by atoms with van der Waals surface area (Å²) >= 11 is 0. The first-order valence-electron chi connectivity index (χ1n) is 34.2. The smallest absolute Gasteiger partial charge is 0.306 e. The van der Waals surface area contributed by atoms with E-state index >= 15 is 0 Å². The van der Waals surface area contributed by atoms with Crippen LogP contribution in [0.3, 0.4) is 0 Å². The highest BCUT2D eigenvalue weighted by molar-refractivity contribution is 5.71. The van der Waals surface area contributed by atoms with Crippen LogP contribution in [0.15, 0.2) is 134 Å². The number of hydrogen-bond donors (Lipinski definition) is 0. The normalized spacial score (nSPS) is 13.0. The summed E-state index contributed by atoms with van der Waals surface area (Å²) in [5.74, 6) is -0.924. The van der Waals surface area contributed by atoms with Crippen LogP contribution in [0.2, 0.25) is 0 Å². The molecule has 6 nitrogen and oxygen atoms in total. The van der Waals surface area contributed by atoms with E-state index in [-0.39, 0.29) is 31.1 Å². The van der Waals surface area contributed by atoms with Crippen LogP contribution in [0.5, 0.6) is 0 Å². The van der Waals surface area contributed by atoms with E-state index in [1.54, 1.807) is 0 Å². The van der Waals surface area contributed by atoms with Gasteiger partial charge in [0.25, 0.3) is 0 Å². The Bertz CT molecular complexity index is 1730. The fourth-order valence-electron chi connectivity index (χ4n) is 9.29. The highest BCUT2D eigenvalue weighted by Gasteiger charge is 2.19. The molecule has 0 aliphatic rings. The van der Waals surface area contributed by atoms with E-state index in [4.69, 9.17) is 14.2 Å². The molecule has 0 saturated heterocycles. The van der Waals surface area contributed by atoms with Crippen molar-refractivity contribution >= 4 is 17.9 Å². The molecule has 466 valence electrons. The number of unbranched alkanes of at least 4 members (excludes halogenated alkanes) is 28. The lowest BCUT2D eigenvalue weighted by Crippen LogP contribution is -2.30. The summed E-state index contributed by atoms with van der Waals surface area (Å²) in [5.41, 5.74) is 0. The average Bonchev–Trinajstić information content (AvgIpc) is 3.47. The maximum atomic E-state index is 12.9. The van der Waals surface area contributed by atoms with E-state index in [2.05, 4.69) is 154 Å². The Hall–Kier alpha value is -4.45. The van der Waals surface area contributed by atoms with Gasteiger partial charge in [-0.05, 0) is 122 Å². The van der Waals surface area contributed by atoms with Crippen LogP contribution in [0, 0.1) is 0 Å². The summed E-state index contributed by atoms with van der Waals surface area (Å²) in [6.45, 7) is 6.50. The molecule has 0 saturated carbocycles. The van der Waals surface area contributed by atoms with Crippen molar-refractivity contribution in [3.63, 3.8) is 0 Å². The molecule has 1 atom stereocenters. The van der Waals surface area contributed by atoms with Gasteiger partial charge in [-0.25, -0.2) is 0 Å². The van der Waals surface area contributed by atoms with Gasteiger partial charge in [0, 0.05) is 19.3 Å². The van der Waals surface area contributed by atoms with Crippen molar-refractivity contribution in [1.82, 2.24) is 0 Å². The molecule has 0 aromatic carbocycles. The van der Waals surface area contributed by atoms with Crippen LogP contribution in [0.25, 0.3) is 0 Å². The van der Waals surface area contributed by atoms with Gasteiger partial charge in [0.05, 0.1) is 0 Å². The van der Waals surface area contributed by atoms with Gasteiger partial charge in [0.1, 0.15) is 13.2 Å². The number of esters is 3. The first kappa shape index (κ1) is 77.5. The zero-order chi connectivity index (χ0) is 59.2. The lowest BCUT2D eigenvalue weighted by Gasteiger charge is -2.18. The van der Waals surface area contributed by atoms with Gasteiger partial charge >= 0.3 is 17.9 Å². The first-order chi connectivity index (χ1) is 40.5. The van der Waals surface area contributed by atoms with Crippen molar-refractivity contribution in [2.75, 3.05) is 13.2 Å². The zero-order valence-electron chi connectivity index (χ0n) is 53.5. The van der Waals surface area contributed by atoms with Gasteiger partial charge in [-0.1, -0.05) is 302 Å². The molecular formula is C76H126O6. The predicted molar refractivity (Wildman–Crippen MR) is 357 cm³/mol. The Morgan fingerprint density at radius 3 is 0.744 bits per heavy atom. The van der Waals surface area contributed by atoms with Crippen molar-refractivity contribution in [2.24, 2.45) is 0 Å². The van der Waals surface area contributed by atoms with Crippen molar-refractivity contribution in [1.29, 1.82) is 0 Å². The largest absolute Gasteiger partial charge is 0.462 e. The molecule has 0 aliphatic heterocycles.